The summed E-state index contributed by atoms with van der Waals surface area (Å²) in [7, 11) is 2.02. The molecule has 132 valence electrons. The van der Waals surface area contributed by atoms with Gasteiger partial charge in [-0.25, -0.2) is 0 Å². The third kappa shape index (κ3) is 3.69. The van der Waals surface area contributed by atoms with Crippen LogP contribution in [0.5, 0.6) is 0 Å². The molecule has 0 aromatic carbocycles. The molecule has 1 N–H and O–H groups in total. The molecular formula is C18H31ClN2O2. The van der Waals surface area contributed by atoms with Gasteiger partial charge in [-0.15, -0.1) is 12.4 Å². The summed E-state index contributed by atoms with van der Waals surface area (Å²) in [5.74, 6) is 3.17. The van der Waals surface area contributed by atoms with E-state index in [0.717, 1.165) is 37.5 Å². The summed E-state index contributed by atoms with van der Waals surface area (Å²) in [4.78, 5) is 14.6. The Kier molecular flexibility index (Phi) is 5.24. The number of ether oxygens (including phenoxy) is 1. The molecule has 0 radical (unpaired) electrons. The van der Waals surface area contributed by atoms with Crippen LogP contribution in [0.4, 0.5) is 0 Å². The van der Waals surface area contributed by atoms with Crippen LogP contribution in [0, 0.1) is 23.2 Å². The van der Waals surface area contributed by atoms with Gasteiger partial charge in [-0.1, -0.05) is 0 Å². The third-order valence-corrected chi connectivity index (χ3v) is 6.58. The van der Waals surface area contributed by atoms with E-state index >= 15 is 0 Å². The van der Waals surface area contributed by atoms with E-state index in [4.69, 9.17) is 4.74 Å². The van der Waals surface area contributed by atoms with Gasteiger partial charge in [0.25, 0.3) is 0 Å². The Balaban J connectivity index is 0.00000156. The van der Waals surface area contributed by atoms with Crippen molar-refractivity contribution in [2.75, 3.05) is 33.4 Å². The maximum atomic E-state index is 12.6. The highest BCUT2D eigenvalue weighted by molar-refractivity contribution is 5.85. The Bertz CT molecular complexity index is 401. The largest absolute Gasteiger partial charge is 0.378 e. The van der Waals surface area contributed by atoms with E-state index in [9.17, 15) is 4.79 Å². The minimum absolute atomic E-state index is 0. The van der Waals surface area contributed by atoms with Crippen molar-refractivity contribution in [3.63, 3.8) is 0 Å². The van der Waals surface area contributed by atoms with Crippen LogP contribution in [-0.2, 0) is 9.53 Å². The van der Waals surface area contributed by atoms with Gasteiger partial charge in [-0.2, -0.15) is 0 Å². The van der Waals surface area contributed by atoms with Gasteiger partial charge in [0.2, 0.25) is 5.91 Å². The molecule has 1 saturated heterocycles. The molecule has 1 unspecified atom stereocenters. The quantitative estimate of drug-likeness (QED) is 0.853. The van der Waals surface area contributed by atoms with E-state index in [-0.39, 0.29) is 18.4 Å². The van der Waals surface area contributed by atoms with Crippen molar-refractivity contribution < 1.29 is 9.53 Å². The molecule has 5 rings (SSSR count). The summed E-state index contributed by atoms with van der Waals surface area (Å²) in [5.41, 5.74) is 0.454. The number of morpholine rings is 1. The highest BCUT2D eigenvalue weighted by atomic mass is 35.5. The van der Waals surface area contributed by atoms with Crippen molar-refractivity contribution in [1.82, 2.24) is 10.2 Å². The monoisotopic (exact) mass is 342 g/mol. The fourth-order valence-corrected chi connectivity index (χ4v) is 6.19. The van der Waals surface area contributed by atoms with Crippen LogP contribution in [0.3, 0.4) is 0 Å². The molecule has 4 saturated carbocycles. The minimum Gasteiger partial charge on any atom is -0.378 e. The lowest BCUT2D eigenvalue weighted by Gasteiger charge is -2.57. The standard InChI is InChI=1S/C18H30N2O2.ClH/c1-20(17(21)7-16-11-22-3-2-19-16)12-18-8-13-4-14(9-18)6-15(5-13)10-18;/h13-16,19H,2-12H2,1H3;1H. The predicted octanol–water partition coefficient (Wildman–Crippen LogP) is 2.46. The fourth-order valence-electron chi connectivity index (χ4n) is 6.19. The van der Waals surface area contributed by atoms with E-state index in [2.05, 4.69) is 5.32 Å². The summed E-state index contributed by atoms with van der Waals surface area (Å²) >= 11 is 0. The first-order valence-corrected chi connectivity index (χ1v) is 9.17. The van der Waals surface area contributed by atoms with Crippen LogP contribution >= 0.6 is 12.4 Å². The summed E-state index contributed by atoms with van der Waals surface area (Å²) in [6, 6.07) is 0.208. The van der Waals surface area contributed by atoms with Crippen molar-refractivity contribution in [1.29, 1.82) is 0 Å². The summed E-state index contributed by atoms with van der Waals surface area (Å²) in [5, 5.41) is 3.39. The van der Waals surface area contributed by atoms with Gasteiger partial charge >= 0.3 is 0 Å². The lowest BCUT2D eigenvalue weighted by Crippen LogP contribution is -2.52. The number of nitrogens with one attached hydrogen (secondary N) is 1. The van der Waals surface area contributed by atoms with Gasteiger partial charge < -0.3 is 15.0 Å². The Hall–Kier alpha value is -0.320. The average molecular weight is 343 g/mol. The Morgan fingerprint density at radius 1 is 1.17 bits per heavy atom. The van der Waals surface area contributed by atoms with Gasteiger partial charge in [0, 0.05) is 32.6 Å². The van der Waals surface area contributed by atoms with Crippen molar-refractivity contribution in [3.05, 3.63) is 0 Å². The van der Waals surface area contributed by atoms with E-state index in [1.807, 2.05) is 11.9 Å². The molecule has 0 aromatic heterocycles. The molecule has 5 aliphatic rings. The van der Waals surface area contributed by atoms with Crippen molar-refractivity contribution in [2.45, 2.75) is 51.0 Å². The zero-order chi connectivity index (χ0) is 15.2. The maximum Gasteiger partial charge on any atom is 0.223 e. The van der Waals surface area contributed by atoms with Crippen LogP contribution in [-0.4, -0.2) is 50.2 Å². The zero-order valence-corrected chi connectivity index (χ0v) is 15.1. The summed E-state index contributed by atoms with van der Waals surface area (Å²) in [6.45, 7) is 3.31. The van der Waals surface area contributed by atoms with Crippen LogP contribution < -0.4 is 5.32 Å². The number of carbonyl (C=O) groups excluding carboxylic acids is 1. The highest BCUT2D eigenvalue weighted by Gasteiger charge is 2.51. The molecule has 1 heterocycles. The van der Waals surface area contributed by atoms with Crippen molar-refractivity contribution >= 4 is 18.3 Å². The molecule has 1 atom stereocenters. The first-order chi connectivity index (χ1) is 10.6. The van der Waals surface area contributed by atoms with Crippen LogP contribution in [0.25, 0.3) is 0 Å². The fraction of sp³-hybridized carbons (Fsp3) is 0.944. The zero-order valence-electron chi connectivity index (χ0n) is 14.3. The Morgan fingerprint density at radius 3 is 2.30 bits per heavy atom. The molecular weight excluding hydrogens is 312 g/mol. The first kappa shape index (κ1) is 17.5. The van der Waals surface area contributed by atoms with E-state index in [1.165, 1.54) is 38.5 Å². The molecule has 4 aliphatic carbocycles. The second-order valence-electron chi connectivity index (χ2n) is 8.60. The molecule has 5 fully saturated rings. The normalized spacial score (nSPS) is 41.4. The molecule has 1 aliphatic heterocycles. The van der Waals surface area contributed by atoms with Gasteiger partial charge in [-0.05, 0) is 61.7 Å². The molecule has 4 bridgehead atoms. The molecule has 1 amide bonds. The SMILES string of the molecule is CN(CC12CC3CC(CC(C3)C1)C2)C(=O)CC1COCCN1.Cl. The van der Waals surface area contributed by atoms with Gasteiger partial charge in [0.15, 0.2) is 0 Å². The Morgan fingerprint density at radius 2 is 1.78 bits per heavy atom. The predicted molar refractivity (Wildman–Crippen MR) is 92.7 cm³/mol. The molecule has 5 heteroatoms. The summed E-state index contributed by atoms with van der Waals surface area (Å²) in [6.07, 6.45) is 9.13. The van der Waals surface area contributed by atoms with E-state index in [0.29, 0.717) is 24.3 Å². The van der Waals surface area contributed by atoms with Gasteiger partial charge in [0.1, 0.15) is 0 Å². The van der Waals surface area contributed by atoms with Crippen molar-refractivity contribution in [3.8, 4) is 0 Å². The van der Waals surface area contributed by atoms with E-state index in [1.54, 1.807) is 0 Å². The van der Waals surface area contributed by atoms with Gasteiger partial charge in [-0.3, -0.25) is 4.79 Å². The second kappa shape index (κ2) is 6.89. The lowest BCUT2D eigenvalue weighted by atomic mass is 9.49. The number of nitrogens with zero attached hydrogens (tertiary/aromatic N) is 1. The lowest BCUT2D eigenvalue weighted by molar-refractivity contribution is -0.136. The summed E-state index contributed by atoms with van der Waals surface area (Å²) < 4.78 is 5.46. The number of hydrogen-bond acceptors (Lipinski definition) is 3. The first-order valence-electron chi connectivity index (χ1n) is 9.17. The number of halogens is 1. The van der Waals surface area contributed by atoms with Crippen LogP contribution in [0.1, 0.15) is 44.9 Å². The molecule has 0 aromatic rings. The van der Waals surface area contributed by atoms with Crippen LogP contribution in [0.15, 0.2) is 0 Å². The maximum absolute atomic E-state index is 12.6. The third-order valence-electron chi connectivity index (χ3n) is 6.58. The molecule has 23 heavy (non-hydrogen) atoms. The van der Waals surface area contributed by atoms with Crippen molar-refractivity contribution in [2.24, 2.45) is 23.2 Å². The number of amides is 1. The average Bonchev–Trinajstić information content (AvgIpc) is 2.46. The number of hydrogen-bond donors (Lipinski definition) is 1. The van der Waals surface area contributed by atoms with Gasteiger partial charge in [0.05, 0.1) is 13.2 Å². The van der Waals surface area contributed by atoms with E-state index < -0.39 is 0 Å². The Labute approximate surface area is 146 Å². The topological polar surface area (TPSA) is 41.6 Å². The highest BCUT2D eigenvalue weighted by Crippen LogP contribution is 2.60. The van der Waals surface area contributed by atoms with Crippen LogP contribution in [0.2, 0.25) is 0 Å². The molecule has 0 spiro atoms. The number of carbonyl (C=O) groups is 1. The molecule has 4 nitrogen and oxygen atoms in total. The number of rotatable bonds is 4. The second-order valence-corrected chi connectivity index (χ2v) is 8.60. The minimum atomic E-state index is 0. The smallest absolute Gasteiger partial charge is 0.223 e.